The first kappa shape index (κ1) is 21.3. The summed E-state index contributed by atoms with van der Waals surface area (Å²) >= 11 is 7.10. The van der Waals surface area contributed by atoms with Crippen molar-refractivity contribution in [2.75, 3.05) is 11.9 Å². The van der Waals surface area contributed by atoms with Gasteiger partial charge in [0.1, 0.15) is 5.75 Å². The summed E-state index contributed by atoms with van der Waals surface area (Å²) in [5.74, 6) is -0.183. The first-order valence-corrected chi connectivity index (χ1v) is 10.5. The van der Waals surface area contributed by atoms with E-state index in [0.717, 1.165) is 31.1 Å². The standard InChI is InChI=1S/C20H19Br2N3O4/c1-3-25-18-7-12(4-5-17(18)24-20(25)23-11(2)26)6-14-15(21)8-13(9-16(14)22)29-10-19(27)28/h4-5,7-9H,3,6,10H2,1-2H3,(H,27,28)(H,23,24,26). The number of aryl methyl sites for hydroxylation is 1. The van der Waals surface area contributed by atoms with Crippen LogP contribution < -0.4 is 10.1 Å². The number of carbonyl (C=O) groups is 2. The van der Waals surface area contributed by atoms with Crippen LogP contribution in [0.5, 0.6) is 5.75 Å². The second-order valence-corrected chi connectivity index (χ2v) is 8.12. The minimum absolute atomic E-state index is 0.159. The van der Waals surface area contributed by atoms with E-state index in [0.29, 0.717) is 24.7 Å². The number of rotatable bonds is 7. The molecule has 7 nitrogen and oxygen atoms in total. The molecule has 0 spiro atoms. The lowest BCUT2D eigenvalue weighted by Crippen LogP contribution is -2.11. The summed E-state index contributed by atoms with van der Waals surface area (Å²) < 4.78 is 8.85. The van der Waals surface area contributed by atoms with Crippen LogP contribution in [-0.4, -0.2) is 33.1 Å². The van der Waals surface area contributed by atoms with Crippen molar-refractivity contribution in [1.82, 2.24) is 9.55 Å². The maximum absolute atomic E-state index is 11.4. The van der Waals surface area contributed by atoms with Crippen LogP contribution in [-0.2, 0) is 22.6 Å². The molecular weight excluding hydrogens is 506 g/mol. The monoisotopic (exact) mass is 523 g/mol. The van der Waals surface area contributed by atoms with Crippen LogP contribution in [0.2, 0.25) is 0 Å². The summed E-state index contributed by atoms with van der Waals surface area (Å²) in [5, 5.41) is 11.5. The molecule has 1 heterocycles. The fourth-order valence-electron chi connectivity index (χ4n) is 3.03. The fraction of sp³-hybridized carbons (Fsp3) is 0.250. The van der Waals surface area contributed by atoms with E-state index < -0.39 is 12.6 Å². The average Bonchev–Trinajstić information content (AvgIpc) is 2.98. The highest BCUT2D eigenvalue weighted by Crippen LogP contribution is 2.33. The zero-order chi connectivity index (χ0) is 21.1. The third-order valence-electron chi connectivity index (χ3n) is 4.27. The highest BCUT2D eigenvalue weighted by Gasteiger charge is 2.14. The second kappa shape index (κ2) is 8.96. The number of hydrogen-bond donors (Lipinski definition) is 2. The molecule has 2 N–H and O–H groups in total. The zero-order valence-corrected chi connectivity index (χ0v) is 19.0. The van der Waals surface area contributed by atoms with Gasteiger partial charge in [0.25, 0.3) is 0 Å². The minimum atomic E-state index is -1.03. The molecule has 1 aromatic heterocycles. The molecule has 29 heavy (non-hydrogen) atoms. The van der Waals surface area contributed by atoms with E-state index in [1.165, 1.54) is 6.92 Å². The number of carboxylic acid groups (broad SMARTS) is 1. The number of amides is 1. The topological polar surface area (TPSA) is 93.5 Å². The van der Waals surface area contributed by atoms with E-state index in [4.69, 9.17) is 9.84 Å². The number of fused-ring (bicyclic) bond motifs is 1. The Morgan fingerprint density at radius 1 is 1.21 bits per heavy atom. The summed E-state index contributed by atoms with van der Waals surface area (Å²) in [6.07, 6.45) is 0.640. The fourth-order valence-corrected chi connectivity index (χ4v) is 4.46. The molecule has 0 aliphatic carbocycles. The molecule has 0 aliphatic rings. The van der Waals surface area contributed by atoms with Crippen LogP contribution in [0.3, 0.4) is 0 Å². The predicted octanol–water partition coefficient (Wildman–Crippen LogP) is 4.59. The molecule has 1 amide bonds. The van der Waals surface area contributed by atoms with E-state index in [1.807, 2.05) is 23.6 Å². The summed E-state index contributed by atoms with van der Waals surface area (Å²) in [6, 6.07) is 9.51. The van der Waals surface area contributed by atoms with Crippen LogP contribution in [0.15, 0.2) is 39.3 Å². The third-order valence-corrected chi connectivity index (χ3v) is 5.69. The Morgan fingerprint density at radius 2 is 1.90 bits per heavy atom. The lowest BCUT2D eigenvalue weighted by Gasteiger charge is -2.12. The SMILES string of the molecule is CCn1c(NC(C)=O)nc2ccc(Cc3c(Br)cc(OCC(=O)O)cc3Br)cc21. The number of imidazole rings is 1. The summed E-state index contributed by atoms with van der Waals surface area (Å²) in [5.41, 5.74) is 3.84. The first-order chi connectivity index (χ1) is 13.8. The lowest BCUT2D eigenvalue weighted by atomic mass is 10.0. The van der Waals surface area contributed by atoms with Gasteiger partial charge in [-0.25, -0.2) is 9.78 Å². The van der Waals surface area contributed by atoms with Crippen LogP contribution in [0.25, 0.3) is 11.0 Å². The number of nitrogens with one attached hydrogen (secondary N) is 1. The molecule has 0 unspecified atom stereocenters. The van der Waals surface area contributed by atoms with Crippen LogP contribution in [0.4, 0.5) is 5.95 Å². The van der Waals surface area contributed by atoms with Gasteiger partial charge in [-0.05, 0) is 48.7 Å². The summed E-state index contributed by atoms with van der Waals surface area (Å²) in [6.45, 7) is 3.75. The van der Waals surface area contributed by atoms with Gasteiger partial charge in [0.2, 0.25) is 11.9 Å². The van der Waals surface area contributed by atoms with Crippen molar-refractivity contribution >= 4 is 60.7 Å². The lowest BCUT2D eigenvalue weighted by molar-refractivity contribution is -0.139. The van der Waals surface area contributed by atoms with Gasteiger partial charge in [0.15, 0.2) is 6.61 Å². The second-order valence-electron chi connectivity index (χ2n) is 6.41. The Labute approximate surface area is 184 Å². The first-order valence-electron chi connectivity index (χ1n) is 8.87. The van der Waals surface area contributed by atoms with Crippen molar-refractivity contribution in [3.63, 3.8) is 0 Å². The van der Waals surface area contributed by atoms with Gasteiger partial charge in [-0.2, -0.15) is 0 Å². The molecule has 3 rings (SSSR count). The van der Waals surface area contributed by atoms with Gasteiger partial charge < -0.3 is 14.4 Å². The number of carboxylic acids is 1. The van der Waals surface area contributed by atoms with Gasteiger partial charge in [-0.3, -0.25) is 10.1 Å². The number of anilines is 1. The predicted molar refractivity (Wildman–Crippen MR) is 117 cm³/mol. The number of aliphatic carboxylic acids is 1. The van der Waals surface area contributed by atoms with Gasteiger partial charge in [0.05, 0.1) is 11.0 Å². The van der Waals surface area contributed by atoms with Crippen LogP contribution >= 0.6 is 31.9 Å². The molecule has 0 saturated carbocycles. The Morgan fingerprint density at radius 3 is 2.48 bits per heavy atom. The Kier molecular flexibility index (Phi) is 6.59. The highest BCUT2D eigenvalue weighted by molar-refractivity contribution is 9.11. The number of ether oxygens (including phenoxy) is 1. The van der Waals surface area contributed by atoms with Crippen molar-refractivity contribution < 1.29 is 19.4 Å². The van der Waals surface area contributed by atoms with Crippen molar-refractivity contribution in [2.24, 2.45) is 0 Å². The van der Waals surface area contributed by atoms with Crippen molar-refractivity contribution in [2.45, 2.75) is 26.8 Å². The molecule has 0 bridgehead atoms. The van der Waals surface area contributed by atoms with Gasteiger partial charge in [-0.15, -0.1) is 0 Å². The molecule has 152 valence electrons. The Hall–Kier alpha value is -2.39. The quantitative estimate of drug-likeness (QED) is 0.471. The molecule has 0 radical (unpaired) electrons. The molecule has 3 aromatic rings. The smallest absolute Gasteiger partial charge is 0.341 e. The van der Waals surface area contributed by atoms with E-state index >= 15 is 0 Å². The van der Waals surface area contributed by atoms with Gasteiger partial charge in [0, 0.05) is 22.4 Å². The normalized spacial score (nSPS) is 10.9. The van der Waals surface area contributed by atoms with Crippen molar-refractivity contribution in [1.29, 1.82) is 0 Å². The molecule has 9 heteroatoms. The maximum Gasteiger partial charge on any atom is 0.341 e. The van der Waals surface area contributed by atoms with Crippen LogP contribution in [0, 0.1) is 0 Å². The molecule has 0 fully saturated rings. The molecule has 0 saturated heterocycles. The number of nitrogens with zero attached hydrogens (tertiary/aromatic N) is 2. The molecule has 0 aliphatic heterocycles. The number of aromatic nitrogens is 2. The number of benzene rings is 2. The highest BCUT2D eigenvalue weighted by atomic mass is 79.9. The minimum Gasteiger partial charge on any atom is -0.482 e. The van der Waals surface area contributed by atoms with E-state index in [-0.39, 0.29) is 5.91 Å². The van der Waals surface area contributed by atoms with E-state index in [2.05, 4.69) is 48.2 Å². The van der Waals surface area contributed by atoms with E-state index in [9.17, 15) is 9.59 Å². The number of halogens is 2. The van der Waals surface area contributed by atoms with Crippen LogP contribution in [0.1, 0.15) is 25.0 Å². The van der Waals surface area contributed by atoms with Gasteiger partial charge in [-0.1, -0.05) is 37.9 Å². The maximum atomic E-state index is 11.4. The zero-order valence-electron chi connectivity index (χ0n) is 15.8. The molecule has 0 atom stereocenters. The third kappa shape index (κ3) is 4.97. The summed E-state index contributed by atoms with van der Waals surface area (Å²) in [7, 11) is 0. The van der Waals surface area contributed by atoms with E-state index in [1.54, 1.807) is 12.1 Å². The number of hydrogen-bond acceptors (Lipinski definition) is 4. The largest absolute Gasteiger partial charge is 0.482 e. The van der Waals surface area contributed by atoms with Crippen molar-refractivity contribution in [3.05, 3.63) is 50.4 Å². The molecule has 2 aromatic carbocycles. The number of carbonyl (C=O) groups excluding carboxylic acids is 1. The van der Waals surface area contributed by atoms with Gasteiger partial charge >= 0.3 is 5.97 Å². The molecular formula is C20H19Br2N3O4. The summed E-state index contributed by atoms with van der Waals surface area (Å²) in [4.78, 5) is 26.6. The Balaban J connectivity index is 1.92. The average molecular weight is 525 g/mol. The Bertz CT molecular complexity index is 1070. The van der Waals surface area contributed by atoms with Crippen molar-refractivity contribution in [3.8, 4) is 5.75 Å².